The van der Waals surface area contributed by atoms with Crippen LogP contribution >= 0.6 is 0 Å². The Morgan fingerprint density at radius 2 is 2.39 bits per heavy atom. The molecule has 0 amide bonds. The molecule has 2 rings (SSSR count). The SMILES string of the molecule is C=CCNCc1nc(C2CCCC(CC)C2)no1. The minimum absolute atomic E-state index is 0.501. The van der Waals surface area contributed by atoms with Crippen LogP contribution in [0.3, 0.4) is 0 Å². The highest BCUT2D eigenvalue weighted by Gasteiger charge is 2.25. The molecule has 1 N–H and O–H groups in total. The molecule has 0 aliphatic heterocycles. The van der Waals surface area contributed by atoms with Crippen molar-refractivity contribution in [1.29, 1.82) is 0 Å². The maximum Gasteiger partial charge on any atom is 0.240 e. The molecule has 0 bridgehead atoms. The van der Waals surface area contributed by atoms with E-state index in [4.69, 9.17) is 4.52 Å². The lowest BCUT2D eigenvalue weighted by Crippen LogP contribution is -2.15. The van der Waals surface area contributed by atoms with Crippen LogP contribution in [0.4, 0.5) is 0 Å². The summed E-state index contributed by atoms with van der Waals surface area (Å²) in [5, 5.41) is 7.31. The van der Waals surface area contributed by atoms with Gasteiger partial charge in [0.15, 0.2) is 5.82 Å². The predicted molar refractivity (Wildman–Crippen MR) is 71.2 cm³/mol. The molecule has 1 aromatic heterocycles. The van der Waals surface area contributed by atoms with Crippen LogP contribution in [0.1, 0.15) is 56.7 Å². The zero-order valence-corrected chi connectivity index (χ0v) is 11.2. The van der Waals surface area contributed by atoms with Gasteiger partial charge < -0.3 is 9.84 Å². The van der Waals surface area contributed by atoms with Gasteiger partial charge in [0, 0.05) is 12.5 Å². The Kier molecular flexibility index (Phi) is 4.93. The molecule has 0 radical (unpaired) electrons. The van der Waals surface area contributed by atoms with E-state index in [-0.39, 0.29) is 0 Å². The summed E-state index contributed by atoms with van der Waals surface area (Å²) in [6.07, 6.45) is 8.16. The van der Waals surface area contributed by atoms with Crippen molar-refractivity contribution in [3.8, 4) is 0 Å². The summed E-state index contributed by atoms with van der Waals surface area (Å²) in [4.78, 5) is 4.50. The van der Waals surface area contributed by atoms with Crippen LogP contribution in [-0.4, -0.2) is 16.7 Å². The Morgan fingerprint density at radius 3 is 3.17 bits per heavy atom. The molecule has 1 aliphatic carbocycles. The molecule has 0 saturated heterocycles. The predicted octanol–water partition coefficient (Wildman–Crippen LogP) is 3.03. The monoisotopic (exact) mass is 249 g/mol. The fraction of sp³-hybridized carbons (Fsp3) is 0.714. The van der Waals surface area contributed by atoms with Crippen LogP contribution in [0.25, 0.3) is 0 Å². The van der Waals surface area contributed by atoms with E-state index in [1.165, 1.54) is 32.1 Å². The summed E-state index contributed by atoms with van der Waals surface area (Å²) in [7, 11) is 0. The summed E-state index contributed by atoms with van der Waals surface area (Å²) in [5.74, 6) is 2.93. The first kappa shape index (κ1) is 13.3. The molecule has 1 saturated carbocycles. The van der Waals surface area contributed by atoms with E-state index in [1.54, 1.807) is 0 Å². The quantitative estimate of drug-likeness (QED) is 0.622. The minimum Gasteiger partial charge on any atom is -0.338 e. The fourth-order valence-electron chi connectivity index (χ4n) is 2.68. The van der Waals surface area contributed by atoms with Crippen LogP contribution < -0.4 is 5.32 Å². The molecule has 4 heteroatoms. The topological polar surface area (TPSA) is 51.0 Å². The van der Waals surface area contributed by atoms with E-state index in [0.717, 1.165) is 18.3 Å². The Morgan fingerprint density at radius 1 is 1.50 bits per heavy atom. The van der Waals surface area contributed by atoms with E-state index in [9.17, 15) is 0 Å². The van der Waals surface area contributed by atoms with Crippen molar-refractivity contribution in [3.05, 3.63) is 24.4 Å². The van der Waals surface area contributed by atoms with Gasteiger partial charge in [0.2, 0.25) is 5.89 Å². The van der Waals surface area contributed by atoms with Gasteiger partial charge in [-0.2, -0.15) is 4.98 Å². The second-order valence-electron chi connectivity index (χ2n) is 5.10. The molecule has 18 heavy (non-hydrogen) atoms. The molecule has 2 atom stereocenters. The third-order valence-electron chi connectivity index (χ3n) is 3.77. The van der Waals surface area contributed by atoms with Gasteiger partial charge in [-0.05, 0) is 18.8 Å². The van der Waals surface area contributed by atoms with E-state index in [2.05, 4.69) is 29.0 Å². The van der Waals surface area contributed by atoms with Gasteiger partial charge in [-0.15, -0.1) is 6.58 Å². The van der Waals surface area contributed by atoms with E-state index in [1.807, 2.05) is 6.08 Å². The molecule has 1 fully saturated rings. The van der Waals surface area contributed by atoms with Crippen LogP contribution in [0.15, 0.2) is 17.2 Å². The zero-order valence-electron chi connectivity index (χ0n) is 11.2. The van der Waals surface area contributed by atoms with E-state index in [0.29, 0.717) is 18.4 Å². The first-order valence-corrected chi connectivity index (χ1v) is 6.97. The van der Waals surface area contributed by atoms with Crippen LogP contribution in [-0.2, 0) is 6.54 Å². The first-order valence-electron chi connectivity index (χ1n) is 6.97. The van der Waals surface area contributed by atoms with Crippen LogP contribution in [0.5, 0.6) is 0 Å². The van der Waals surface area contributed by atoms with Crippen LogP contribution in [0.2, 0.25) is 0 Å². The van der Waals surface area contributed by atoms with Gasteiger partial charge in [0.1, 0.15) is 0 Å². The zero-order chi connectivity index (χ0) is 12.8. The van der Waals surface area contributed by atoms with Gasteiger partial charge in [-0.25, -0.2) is 0 Å². The average Bonchev–Trinajstić information content (AvgIpc) is 2.88. The fourth-order valence-corrected chi connectivity index (χ4v) is 2.68. The molecule has 4 nitrogen and oxygen atoms in total. The van der Waals surface area contributed by atoms with E-state index >= 15 is 0 Å². The molecule has 0 aromatic carbocycles. The van der Waals surface area contributed by atoms with Crippen molar-refractivity contribution in [2.24, 2.45) is 5.92 Å². The maximum atomic E-state index is 5.28. The second-order valence-corrected chi connectivity index (χ2v) is 5.10. The maximum absolute atomic E-state index is 5.28. The average molecular weight is 249 g/mol. The number of nitrogens with zero attached hydrogens (tertiary/aromatic N) is 2. The van der Waals surface area contributed by atoms with Crippen molar-refractivity contribution in [2.45, 2.75) is 51.5 Å². The summed E-state index contributed by atoms with van der Waals surface area (Å²) >= 11 is 0. The Hall–Kier alpha value is -1.16. The highest BCUT2D eigenvalue weighted by Crippen LogP contribution is 2.36. The van der Waals surface area contributed by atoms with Crippen molar-refractivity contribution >= 4 is 0 Å². The lowest BCUT2D eigenvalue weighted by Gasteiger charge is -2.26. The largest absolute Gasteiger partial charge is 0.338 e. The highest BCUT2D eigenvalue weighted by molar-refractivity contribution is 4.98. The molecule has 1 aromatic rings. The number of hydrogen-bond acceptors (Lipinski definition) is 4. The molecule has 0 spiro atoms. The summed E-state index contributed by atoms with van der Waals surface area (Å²) in [6, 6.07) is 0. The Balaban J connectivity index is 1.90. The molecular weight excluding hydrogens is 226 g/mol. The normalized spacial score (nSPS) is 24.1. The van der Waals surface area contributed by atoms with Gasteiger partial charge in [-0.3, -0.25) is 0 Å². The van der Waals surface area contributed by atoms with Gasteiger partial charge >= 0.3 is 0 Å². The minimum atomic E-state index is 0.501. The third-order valence-corrected chi connectivity index (χ3v) is 3.77. The van der Waals surface area contributed by atoms with Gasteiger partial charge in [0.25, 0.3) is 0 Å². The Bertz CT molecular complexity index is 375. The standard InChI is InChI=1S/C14H23N3O/c1-3-8-15-10-13-16-14(17-18-13)12-7-5-6-11(4-2)9-12/h3,11-12,15H,1,4-10H2,2H3. The first-order chi connectivity index (χ1) is 8.83. The van der Waals surface area contributed by atoms with Crippen molar-refractivity contribution in [3.63, 3.8) is 0 Å². The summed E-state index contributed by atoms with van der Waals surface area (Å²) in [5.41, 5.74) is 0. The summed E-state index contributed by atoms with van der Waals surface area (Å²) in [6.45, 7) is 7.32. The van der Waals surface area contributed by atoms with Gasteiger partial charge in [0.05, 0.1) is 6.54 Å². The Labute approximate surface area is 109 Å². The lowest BCUT2D eigenvalue weighted by atomic mass is 9.80. The summed E-state index contributed by atoms with van der Waals surface area (Å²) < 4.78 is 5.28. The van der Waals surface area contributed by atoms with Gasteiger partial charge in [-0.1, -0.05) is 37.4 Å². The number of nitrogens with one attached hydrogen (secondary N) is 1. The van der Waals surface area contributed by atoms with Crippen LogP contribution in [0, 0.1) is 5.92 Å². The highest BCUT2D eigenvalue weighted by atomic mass is 16.5. The number of aromatic nitrogens is 2. The van der Waals surface area contributed by atoms with E-state index < -0.39 is 0 Å². The third kappa shape index (κ3) is 3.42. The number of rotatable bonds is 6. The smallest absolute Gasteiger partial charge is 0.240 e. The lowest BCUT2D eigenvalue weighted by molar-refractivity contribution is 0.297. The molecule has 100 valence electrons. The van der Waals surface area contributed by atoms with Crippen molar-refractivity contribution < 1.29 is 4.52 Å². The molecule has 1 aliphatic rings. The number of hydrogen-bond donors (Lipinski definition) is 1. The van der Waals surface area contributed by atoms with Crippen molar-refractivity contribution in [1.82, 2.24) is 15.5 Å². The molecular formula is C14H23N3O. The van der Waals surface area contributed by atoms with Crippen molar-refractivity contribution in [2.75, 3.05) is 6.54 Å². The molecule has 1 heterocycles. The second kappa shape index (κ2) is 6.69. The molecule has 2 unspecified atom stereocenters.